The van der Waals surface area contributed by atoms with E-state index in [1.807, 2.05) is 36.4 Å². The molecule has 1 amide bonds. The minimum absolute atomic E-state index is 0.0209. The summed E-state index contributed by atoms with van der Waals surface area (Å²) < 4.78 is 0.940. The van der Waals surface area contributed by atoms with Crippen molar-refractivity contribution in [2.75, 3.05) is 11.9 Å². The van der Waals surface area contributed by atoms with Crippen LogP contribution >= 0.6 is 15.9 Å². The van der Waals surface area contributed by atoms with Gasteiger partial charge in [0.2, 0.25) is 0 Å². The van der Waals surface area contributed by atoms with Crippen LogP contribution < -0.4 is 4.90 Å². The summed E-state index contributed by atoms with van der Waals surface area (Å²) in [6.07, 6.45) is 1.86. The van der Waals surface area contributed by atoms with Crippen LogP contribution in [-0.2, 0) is 4.79 Å². The number of nitriles is 1. The molecular formula is C17H11BrN2O. The Morgan fingerprint density at radius 3 is 2.57 bits per heavy atom. The predicted molar refractivity (Wildman–Crippen MR) is 86.6 cm³/mol. The van der Waals surface area contributed by atoms with E-state index in [9.17, 15) is 4.79 Å². The van der Waals surface area contributed by atoms with Crippen molar-refractivity contribution in [2.24, 2.45) is 0 Å². The number of benzene rings is 2. The summed E-state index contributed by atoms with van der Waals surface area (Å²) in [5.74, 6) is -0.0209. The third kappa shape index (κ3) is 2.37. The number of rotatable bonds is 1. The van der Waals surface area contributed by atoms with Crippen LogP contribution in [0, 0.1) is 11.3 Å². The van der Waals surface area contributed by atoms with Gasteiger partial charge in [-0.3, -0.25) is 4.79 Å². The van der Waals surface area contributed by atoms with Crippen LogP contribution in [0.5, 0.6) is 0 Å². The summed E-state index contributed by atoms with van der Waals surface area (Å²) in [7, 11) is 1.77. The van der Waals surface area contributed by atoms with Gasteiger partial charge in [0.15, 0.2) is 0 Å². The van der Waals surface area contributed by atoms with E-state index in [-0.39, 0.29) is 5.91 Å². The molecule has 1 heterocycles. The van der Waals surface area contributed by atoms with Gasteiger partial charge in [-0.1, -0.05) is 28.1 Å². The summed E-state index contributed by atoms with van der Waals surface area (Å²) in [6, 6.07) is 15.1. The molecule has 0 N–H and O–H groups in total. The largest absolute Gasteiger partial charge is 0.311 e. The number of nitrogens with zero attached hydrogens (tertiary/aromatic N) is 2. The molecule has 0 atom stereocenters. The number of carbonyl (C=O) groups excluding carboxylic acids is 1. The van der Waals surface area contributed by atoms with E-state index in [4.69, 9.17) is 5.26 Å². The van der Waals surface area contributed by atoms with Crippen LogP contribution in [0.1, 0.15) is 16.7 Å². The summed E-state index contributed by atoms with van der Waals surface area (Å²) >= 11 is 3.44. The average molecular weight is 339 g/mol. The van der Waals surface area contributed by atoms with Gasteiger partial charge in [0.05, 0.1) is 17.3 Å². The fourth-order valence-electron chi connectivity index (χ4n) is 2.38. The van der Waals surface area contributed by atoms with Crippen molar-refractivity contribution in [3.63, 3.8) is 0 Å². The Labute approximate surface area is 131 Å². The van der Waals surface area contributed by atoms with Gasteiger partial charge in [-0.15, -0.1) is 0 Å². The molecule has 0 spiro atoms. The molecule has 0 unspecified atom stereocenters. The van der Waals surface area contributed by atoms with Gasteiger partial charge in [-0.25, -0.2) is 0 Å². The Morgan fingerprint density at radius 1 is 1.19 bits per heavy atom. The number of hydrogen-bond acceptors (Lipinski definition) is 2. The zero-order valence-electron chi connectivity index (χ0n) is 11.3. The quantitative estimate of drug-likeness (QED) is 0.741. The second-order valence-corrected chi connectivity index (χ2v) is 5.73. The molecule has 0 radical (unpaired) electrons. The Morgan fingerprint density at radius 2 is 1.90 bits per heavy atom. The highest BCUT2D eigenvalue weighted by Crippen LogP contribution is 2.38. The maximum absolute atomic E-state index is 12.4. The highest BCUT2D eigenvalue weighted by atomic mass is 79.9. The summed E-state index contributed by atoms with van der Waals surface area (Å²) in [5.41, 5.74) is 4.00. The van der Waals surface area contributed by atoms with Crippen molar-refractivity contribution < 1.29 is 4.79 Å². The minimum atomic E-state index is -0.0209. The molecule has 2 aromatic rings. The van der Waals surface area contributed by atoms with Crippen molar-refractivity contribution in [1.29, 1.82) is 5.26 Å². The Bertz CT molecular complexity index is 801. The van der Waals surface area contributed by atoms with Gasteiger partial charge in [0.25, 0.3) is 5.91 Å². The topological polar surface area (TPSA) is 44.1 Å². The lowest BCUT2D eigenvalue weighted by Crippen LogP contribution is -2.20. The molecular weight excluding hydrogens is 328 g/mol. The van der Waals surface area contributed by atoms with Gasteiger partial charge in [-0.2, -0.15) is 5.26 Å². The first-order chi connectivity index (χ1) is 10.1. The number of fused-ring (bicyclic) bond motifs is 1. The normalized spacial score (nSPS) is 15.2. The van der Waals surface area contributed by atoms with Gasteiger partial charge in [0.1, 0.15) is 0 Å². The standard InChI is InChI=1S/C17H11BrN2O/c1-20-16-7-6-13(18)9-14(16)15(17(20)21)8-11-2-4-12(10-19)5-3-11/h2-9H,1H3/b15-8+. The van der Waals surface area contributed by atoms with Crippen LogP contribution in [-0.4, -0.2) is 13.0 Å². The summed E-state index contributed by atoms with van der Waals surface area (Å²) in [6.45, 7) is 0. The second kappa shape index (κ2) is 5.19. The molecule has 0 saturated heterocycles. The lowest BCUT2D eigenvalue weighted by molar-refractivity contribution is -0.112. The zero-order chi connectivity index (χ0) is 15.0. The average Bonchev–Trinajstić information content (AvgIpc) is 2.73. The lowest BCUT2D eigenvalue weighted by Gasteiger charge is -2.08. The molecule has 2 aromatic carbocycles. The molecule has 4 heteroatoms. The van der Waals surface area contributed by atoms with Gasteiger partial charge in [0, 0.05) is 22.7 Å². The van der Waals surface area contributed by atoms with E-state index in [2.05, 4.69) is 22.0 Å². The van der Waals surface area contributed by atoms with Crippen molar-refractivity contribution in [3.8, 4) is 6.07 Å². The van der Waals surface area contributed by atoms with E-state index in [0.717, 1.165) is 21.3 Å². The number of halogens is 1. The maximum Gasteiger partial charge on any atom is 0.258 e. The molecule has 0 fully saturated rings. The predicted octanol–water partition coefficient (Wildman–Crippen LogP) is 3.84. The van der Waals surface area contributed by atoms with E-state index in [1.54, 1.807) is 24.1 Å². The van der Waals surface area contributed by atoms with Crippen LogP contribution in [0.4, 0.5) is 5.69 Å². The molecule has 1 aliphatic heterocycles. The Kier molecular flexibility index (Phi) is 3.36. The molecule has 0 aromatic heterocycles. The SMILES string of the molecule is CN1C(=O)/C(=C/c2ccc(C#N)cc2)c2cc(Br)ccc21. The van der Waals surface area contributed by atoms with Gasteiger partial charge < -0.3 is 4.90 Å². The lowest BCUT2D eigenvalue weighted by atomic mass is 10.0. The summed E-state index contributed by atoms with van der Waals surface area (Å²) in [4.78, 5) is 14.0. The first kappa shape index (κ1) is 13.6. The van der Waals surface area contributed by atoms with Gasteiger partial charge >= 0.3 is 0 Å². The molecule has 3 nitrogen and oxygen atoms in total. The first-order valence-corrected chi connectivity index (χ1v) is 7.19. The minimum Gasteiger partial charge on any atom is -0.311 e. The first-order valence-electron chi connectivity index (χ1n) is 6.40. The molecule has 3 rings (SSSR count). The van der Waals surface area contributed by atoms with Gasteiger partial charge in [-0.05, 0) is 42.0 Å². The van der Waals surface area contributed by atoms with Crippen molar-refractivity contribution >= 4 is 39.2 Å². The monoisotopic (exact) mass is 338 g/mol. The number of hydrogen-bond donors (Lipinski definition) is 0. The molecule has 102 valence electrons. The van der Waals surface area contributed by atoms with E-state index in [0.29, 0.717) is 11.1 Å². The third-order valence-electron chi connectivity index (χ3n) is 3.50. The fraction of sp³-hybridized carbons (Fsp3) is 0.0588. The van der Waals surface area contributed by atoms with E-state index >= 15 is 0 Å². The van der Waals surface area contributed by atoms with Crippen molar-refractivity contribution in [2.45, 2.75) is 0 Å². The Balaban J connectivity index is 2.10. The van der Waals surface area contributed by atoms with E-state index in [1.165, 1.54) is 0 Å². The molecule has 21 heavy (non-hydrogen) atoms. The van der Waals surface area contributed by atoms with Crippen LogP contribution in [0.2, 0.25) is 0 Å². The second-order valence-electron chi connectivity index (χ2n) is 4.82. The molecule has 0 bridgehead atoms. The zero-order valence-corrected chi connectivity index (χ0v) is 12.9. The fourth-order valence-corrected chi connectivity index (χ4v) is 2.74. The summed E-state index contributed by atoms with van der Waals surface area (Å²) in [5, 5.41) is 8.82. The third-order valence-corrected chi connectivity index (χ3v) is 3.99. The van der Waals surface area contributed by atoms with E-state index < -0.39 is 0 Å². The molecule has 0 saturated carbocycles. The highest BCUT2D eigenvalue weighted by molar-refractivity contribution is 9.10. The smallest absolute Gasteiger partial charge is 0.258 e. The van der Waals surface area contributed by atoms with Crippen LogP contribution in [0.25, 0.3) is 11.6 Å². The molecule has 0 aliphatic carbocycles. The number of carbonyl (C=O) groups is 1. The number of amides is 1. The van der Waals surface area contributed by atoms with Crippen LogP contribution in [0.3, 0.4) is 0 Å². The van der Waals surface area contributed by atoms with Crippen molar-refractivity contribution in [1.82, 2.24) is 0 Å². The van der Waals surface area contributed by atoms with Crippen molar-refractivity contribution in [3.05, 3.63) is 63.6 Å². The van der Waals surface area contributed by atoms with Crippen LogP contribution in [0.15, 0.2) is 46.9 Å². The number of anilines is 1. The highest BCUT2D eigenvalue weighted by Gasteiger charge is 2.29. The Hall–Kier alpha value is -2.38. The maximum atomic E-state index is 12.4. The molecule has 1 aliphatic rings. The number of likely N-dealkylation sites (N-methyl/N-ethyl adjacent to an activating group) is 1.